The first-order valence-corrected chi connectivity index (χ1v) is 6.40. The van der Waals surface area contributed by atoms with Crippen LogP contribution < -0.4 is 5.32 Å². The van der Waals surface area contributed by atoms with Crippen LogP contribution in [0, 0.1) is 31.1 Å². The number of carboxylic acid groups (broad SMARTS) is 1. The van der Waals surface area contributed by atoms with Gasteiger partial charge in [0.15, 0.2) is 0 Å². The van der Waals surface area contributed by atoms with Crippen LogP contribution in [0.15, 0.2) is 6.07 Å². The van der Waals surface area contributed by atoms with Crippen molar-refractivity contribution in [3.63, 3.8) is 0 Å². The third-order valence-corrected chi connectivity index (χ3v) is 3.61. The maximum atomic E-state index is 11.2. The van der Waals surface area contributed by atoms with E-state index in [1.165, 1.54) is 0 Å². The second-order valence-electron chi connectivity index (χ2n) is 5.01. The van der Waals surface area contributed by atoms with E-state index in [9.17, 15) is 15.2 Å². The van der Waals surface area contributed by atoms with Crippen molar-refractivity contribution in [1.82, 2.24) is 4.98 Å². The lowest BCUT2D eigenvalue weighted by Gasteiger charge is -2.20. The molecule has 1 fully saturated rings. The first kappa shape index (κ1) is 13.3. The molecule has 0 aliphatic heterocycles. The molecule has 1 aromatic heterocycles. The number of carbonyl (C=O) groups is 1. The van der Waals surface area contributed by atoms with E-state index in [-0.39, 0.29) is 12.0 Å². The molecule has 0 radical (unpaired) electrons. The van der Waals surface area contributed by atoms with Gasteiger partial charge in [0.05, 0.1) is 22.9 Å². The van der Waals surface area contributed by atoms with Gasteiger partial charge < -0.3 is 10.4 Å². The van der Waals surface area contributed by atoms with Crippen LogP contribution in [0.4, 0.5) is 5.69 Å². The zero-order chi connectivity index (χ0) is 14.0. The molecule has 2 atom stereocenters. The summed E-state index contributed by atoms with van der Waals surface area (Å²) in [7, 11) is 0. The van der Waals surface area contributed by atoms with Crippen molar-refractivity contribution in [3.05, 3.63) is 23.0 Å². The highest BCUT2D eigenvalue weighted by atomic mass is 16.4. The van der Waals surface area contributed by atoms with Crippen LogP contribution in [0.5, 0.6) is 0 Å². The standard InChI is InChI=1S/C14H17N3O2/c1-8-6-13(11(7-15)9(2)16-8)17-12-5-3-4-10(12)14(18)19/h6,10,12H,3-5H2,1-2H3,(H,16,17)(H,18,19). The Labute approximate surface area is 112 Å². The Bertz CT molecular complexity index is 548. The average molecular weight is 259 g/mol. The number of nitriles is 1. The summed E-state index contributed by atoms with van der Waals surface area (Å²) in [5.41, 5.74) is 2.70. The number of nitrogens with zero attached hydrogens (tertiary/aromatic N) is 2. The topological polar surface area (TPSA) is 86.0 Å². The minimum Gasteiger partial charge on any atom is -0.481 e. The van der Waals surface area contributed by atoms with E-state index in [1.54, 1.807) is 6.92 Å². The number of aliphatic carboxylic acids is 1. The molecule has 1 saturated carbocycles. The number of anilines is 1. The fourth-order valence-corrected chi connectivity index (χ4v) is 2.71. The van der Waals surface area contributed by atoms with Gasteiger partial charge >= 0.3 is 5.97 Å². The van der Waals surface area contributed by atoms with Gasteiger partial charge in [-0.2, -0.15) is 5.26 Å². The third-order valence-electron chi connectivity index (χ3n) is 3.61. The molecule has 0 amide bonds. The van der Waals surface area contributed by atoms with Gasteiger partial charge in [0.25, 0.3) is 0 Å². The zero-order valence-corrected chi connectivity index (χ0v) is 11.1. The second-order valence-corrected chi connectivity index (χ2v) is 5.01. The number of pyridine rings is 1. The molecular weight excluding hydrogens is 242 g/mol. The lowest BCUT2D eigenvalue weighted by molar-refractivity contribution is -0.141. The van der Waals surface area contributed by atoms with Crippen LogP contribution in [0.1, 0.15) is 36.2 Å². The number of nitrogens with one attached hydrogen (secondary N) is 1. The molecule has 19 heavy (non-hydrogen) atoms. The number of aromatic nitrogens is 1. The predicted molar refractivity (Wildman–Crippen MR) is 70.8 cm³/mol. The number of rotatable bonds is 3. The Morgan fingerprint density at radius 1 is 1.53 bits per heavy atom. The van der Waals surface area contributed by atoms with Crippen molar-refractivity contribution in [1.29, 1.82) is 5.26 Å². The van der Waals surface area contributed by atoms with Gasteiger partial charge in [-0.05, 0) is 32.8 Å². The van der Waals surface area contributed by atoms with E-state index in [2.05, 4.69) is 16.4 Å². The van der Waals surface area contributed by atoms with Crippen LogP contribution in [0.25, 0.3) is 0 Å². The number of hydrogen-bond acceptors (Lipinski definition) is 4. The first-order valence-electron chi connectivity index (χ1n) is 6.40. The van der Waals surface area contributed by atoms with Crippen molar-refractivity contribution >= 4 is 11.7 Å². The maximum absolute atomic E-state index is 11.2. The predicted octanol–water partition coefficient (Wildman–Crippen LogP) is 2.24. The Morgan fingerprint density at radius 2 is 2.26 bits per heavy atom. The lowest BCUT2D eigenvalue weighted by atomic mass is 10.0. The van der Waals surface area contributed by atoms with E-state index in [0.29, 0.717) is 23.4 Å². The number of carboxylic acids is 1. The fraction of sp³-hybridized carbons (Fsp3) is 0.500. The minimum atomic E-state index is -0.768. The summed E-state index contributed by atoms with van der Waals surface area (Å²) in [6, 6.07) is 3.84. The van der Waals surface area contributed by atoms with Crippen LogP contribution >= 0.6 is 0 Å². The Morgan fingerprint density at radius 3 is 2.89 bits per heavy atom. The molecule has 2 N–H and O–H groups in total. The van der Waals surface area contributed by atoms with E-state index in [0.717, 1.165) is 18.5 Å². The average Bonchev–Trinajstić information content (AvgIpc) is 2.76. The van der Waals surface area contributed by atoms with E-state index >= 15 is 0 Å². The summed E-state index contributed by atoms with van der Waals surface area (Å²) in [6.45, 7) is 3.66. The SMILES string of the molecule is Cc1cc(NC2CCCC2C(=O)O)c(C#N)c(C)n1. The molecule has 5 nitrogen and oxygen atoms in total. The molecule has 0 aromatic carbocycles. The van der Waals surface area contributed by atoms with Gasteiger partial charge in [0.1, 0.15) is 6.07 Å². The second kappa shape index (κ2) is 5.27. The molecule has 1 aliphatic carbocycles. The lowest BCUT2D eigenvalue weighted by Crippen LogP contribution is -2.30. The molecule has 5 heteroatoms. The van der Waals surface area contributed by atoms with Crippen LogP contribution in [-0.4, -0.2) is 22.1 Å². The molecular formula is C14H17N3O2. The summed E-state index contributed by atoms with van der Waals surface area (Å²) >= 11 is 0. The zero-order valence-electron chi connectivity index (χ0n) is 11.1. The van der Waals surface area contributed by atoms with Crippen molar-refractivity contribution in [2.75, 3.05) is 5.32 Å². The number of hydrogen-bond donors (Lipinski definition) is 2. The third kappa shape index (κ3) is 2.68. The van der Waals surface area contributed by atoms with E-state index in [1.807, 2.05) is 13.0 Å². The number of aryl methyl sites for hydroxylation is 2. The van der Waals surface area contributed by atoms with Gasteiger partial charge in [0, 0.05) is 11.7 Å². The van der Waals surface area contributed by atoms with Crippen LogP contribution in [0.3, 0.4) is 0 Å². The van der Waals surface area contributed by atoms with Crippen molar-refractivity contribution in [2.24, 2.45) is 5.92 Å². The molecule has 1 aromatic rings. The fourth-order valence-electron chi connectivity index (χ4n) is 2.71. The van der Waals surface area contributed by atoms with Gasteiger partial charge in [0.2, 0.25) is 0 Å². The molecule has 2 unspecified atom stereocenters. The monoisotopic (exact) mass is 259 g/mol. The molecule has 1 heterocycles. The first-order chi connectivity index (χ1) is 9.02. The smallest absolute Gasteiger partial charge is 0.308 e. The maximum Gasteiger partial charge on any atom is 0.308 e. The summed E-state index contributed by atoms with van der Waals surface area (Å²) in [5, 5.41) is 21.6. The molecule has 100 valence electrons. The van der Waals surface area contributed by atoms with Gasteiger partial charge in [-0.3, -0.25) is 9.78 Å². The highest BCUT2D eigenvalue weighted by molar-refractivity contribution is 5.72. The Kier molecular flexibility index (Phi) is 3.70. The van der Waals surface area contributed by atoms with E-state index in [4.69, 9.17) is 0 Å². The molecule has 0 saturated heterocycles. The van der Waals surface area contributed by atoms with Gasteiger partial charge in [-0.15, -0.1) is 0 Å². The quantitative estimate of drug-likeness (QED) is 0.869. The van der Waals surface area contributed by atoms with Crippen LogP contribution in [0.2, 0.25) is 0 Å². The molecule has 0 spiro atoms. The van der Waals surface area contributed by atoms with E-state index < -0.39 is 5.97 Å². The summed E-state index contributed by atoms with van der Waals surface area (Å²) in [5.74, 6) is -1.14. The van der Waals surface area contributed by atoms with Crippen molar-refractivity contribution in [2.45, 2.75) is 39.2 Å². The highest BCUT2D eigenvalue weighted by Gasteiger charge is 2.33. The normalized spacial score (nSPS) is 21.9. The summed E-state index contributed by atoms with van der Waals surface area (Å²) < 4.78 is 0. The van der Waals surface area contributed by atoms with Gasteiger partial charge in [-0.1, -0.05) is 6.42 Å². The van der Waals surface area contributed by atoms with Gasteiger partial charge in [-0.25, -0.2) is 0 Å². The largest absolute Gasteiger partial charge is 0.481 e. The van der Waals surface area contributed by atoms with Crippen molar-refractivity contribution in [3.8, 4) is 6.07 Å². The molecule has 0 bridgehead atoms. The van der Waals surface area contributed by atoms with Crippen molar-refractivity contribution < 1.29 is 9.90 Å². The minimum absolute atomic E-state index is 0.106. The molecule has 2 rings (SSSR count). The molecule has 1 aliphatic rings. The summed E-state index contributed by atoms with van der Waals surface area (Å²) in [4.78, 5) is 15.4. The highest BCUT2D eigenvalue weighted by Crippen LogP contribution is 2.30. The van der Waals surface area contributed by atoms with Crippen LogP contribution in [-0.2, 0) is 4.79 Å². The Hall–Kier alpha value is -2.09. The Balaban J connectivity index is 2.29. The summed E-state index contributed by atoms with van der Waals surface area (Å²) in [6.07, 6.45) is 2.42.